The van der Waals surface area contributed by atoms with E-state index in [4.69, 9.17) is 0 Å². The molecule has 0 spiro atoms. The van der Waals surface area contributed by atoms with Crippen molar-refractivity contribution in [1.29, 1.82) is 0 Å². The summed E-state index contributed by atoms with van der Waals surface area (Å²) in [7, 11) is 1.99. The number of nitrogens with zero attached hydrogens (tertiary/aromatic N) is 1. The van der Waals surface area contributed by atoms with Gasteiger partial charge in [0.2, 0.25) is 0 Å². The summed E-state index contributed by atoms with van der Waals surface area (Å²) in [6.45, 7) is 2.71. The van der Waals surface area contributed by atoms with Crippen molar-refractivity contribution >= 4 is 5.69 Å². The summed E-state index contributed by atoms with van der Waals surface area (Å²) in [4.78, 5) is 2.06. The fourth-order valence-corrected chi connectivity index (χ4v) is 2.53. The second-order valence-corrected chi connectivity index (χ2v) is 5.04. The Kier molecular flexibility index (Phi) is 3.22. The van der Waals surface area contributed by atoms with Gasteiger partial charge < -0.3 is 10.2 Å². The lowest BCUT2D eigenvalue weighted by Crippen LogP contribution is -2.16. The van der Waals surface area contributed by atoms with E-state index in [-0.39, 0.29) is 5.82 Å². The predicted octanol–water partition coefficient (Wildman–Crippen LogP) is 3.07. The van der Waals surface area contributed by atoms with Gasteiger partial charge in [-0.2, -0.15) is 0 Å². The minimum atomic E-state index is -0.192. The molecule has 2 nitrogen and oxygen atoms in total. The Balaban J connectivity index is 1.77. The van der Waals surface area contributed by atoms with Crippen LogP contribution >= 0.6 is 0 Å². The van der Waals surface area contributed by atoms with Crippen LogP contribution in [0.1, 0.15) is 16.7 Å². The predicted molar refractivity (Wildman–Crippen MR) is 75.5 cm³/mol. The number of hydrogen-bond donors (Lipinski definition) is 1. The molecule has 19 heavy (non-hydrogen) atoms. The van der Waals surface area contributed by atoms with Crippen molar-refractivity contribution in [3.63, 3.8) is 0 Å². The molecule has 0 amide bonds. The second-order valence-electron chi connectivity index (χ2n) is 5.04. The average molecular weight is 256 g/mol. The zero-order valence-electron chi connectivity index (χ0n) is 11.0. The number of nitrogens with one attached hydrogen (secondary N) is 1. The highest BCUT2D eigenvalue weighted by molar-refractivity contribution is 5.47. The minimum absolute atomic E-state index is 0.192. The van der Waals surface area contributed by atoms with Crippen LogP contribution in [0.15, 0.2) is 42.5 Å². The fraction of sp³-hybridized carbons (Fsp3) is 0.250. The van der Waals surface area contributed by atoms with E-state index in [1.54, 1.807) is 12.1 Å². The molecule has 1 aliphatic heterocycles. The van der Waals surface area contributed by atoms with Crippen LogP contribution < -0.4 is 10.2 Å². The molecule has 3 rings (SSSR count). The first kappa shape index (κ1) is 12.2. The SMILES string of the molecule is CN(Cc1ccc2c(c1)CNC2)c1cccc(F)c1. The molecule has 1 aliphatic rings. The van der Waals surface area contributed by atoms with E-state index >= 15 is 0 Å². The van der Waals surface area contributed by atoms with Gasteiger partial charge in [-0.1, -0.05) is 24.3 Å². The van der Waals surface area contributed by atoms with Crippen molar-refractivity contribution in [2.75, 3.05) is 11.9 Å². The molecule has 0 fully saturated rings. The van der Waals surface area contributed by atoms with E-state index in [9.17, 15) is 4.39 Å². The maximum atomic E-state index is 13.2. The topological polar surface area (TPSA) is 15.3 Å². The van der Waals surface area contributed by atoms with E-state index in [1.807, 2.05) is 13.1 Å². The van der Waals surface area contributed by atoms with E-state index < -0.39 is 0 Å². The highest BCUT2D eigenvalue weighted by Gasteiger charge is 2.11. The number of fused-ring (bicyclic) bond motifs is 1. The van der Waals surface area contributed by atoms with Gasteiger partial charge in [0.05, 0.1) is 0 Å². The van der Waals surface area contributed by atoms with Crippen molar-refractivity contribution < 1.29 is 4.39 Å². The van der Waals surface area contributed by atoms with Crippen LogP contribution in [-0.4, -0.2) is 7.05 Å². The Bertz CT molecular complexity index is 595. The van der Waals surface area contributed by atoms with Crippen LogP contribution in [0.4, 0.5) is 10.1 Å². The molecule has 1 N–H and O–H groups in total. The lowest BCUT2D eigenvalue weighted by molar-refractivity contribution is 0.627. The molecule has 1 heterocycles. The molecule has 0 atom stereocenters. The van der Waals surface area contributed by atoms with Gasteiger partial charge in [-0.3, -0.25) is 0 Å². The van der Waals surface area contributed by atoms with E-state index in [2.05, 4.69) is 28.4 Å². The first-order valence-corrected chi connectivity index (χ1v) is 6.50. The molecule has 0 aliphatic carbocycles. The standard InChI is InChI=1S/C16H17FN2/c1-19(16-4-2-3-15(17)8-16)11-12-5-6-13-9-18-10-14(13)7-12/h2-8,18H,9-11H2,1H3. The number of halogens is 1. The molecular formula is C16H17FN2. The Hall–Kier alpha value is -1.87. The summed E-state index contributed by atoms with van der Waals surface area (Å²) < 4.78 is 13.2. The van der Waals surface area contributed by atoms with Crippen molar-refractivity contribution in [1.82, 2.24) is 5.32 Å². The van der Waals surface area contributed by atoms with E-state index in [1.165, 1.54) is 22.8 Å². The van der Waals surface area contributed by atoms with Gasteiger partial charge in [0.1, 0.15) is 5.82 Å². The highest BCUT2D eigenvalue weighted by Crippen LogP contribution is 2.20. The number of anilines is 1. The van der Waals surface area contributed by atoms with Gasteiger partial charge >= 0.3 is 0 Å². The fourth-order valence-electron chi connectivity index (χ4n) is 2.53. The molecule has 0 unspecified atom stereocenters. The molecule has 0 saturated heterocycles. The first-order chi connectivity index (χ1) is 9.22. The van der Waals surface area contributed by atoms with Crippen molar-refractivity contribution in [3.8, 4) is 0 Å². The lowest BCUT2D eigenvalue weighted by Gasteiger charge is -2.19. The number of benzene rings is 2. The summed E-state index contributed by atoms with van der Waals surface area (Å²) in [6, 6.07) is 13.3. The summed E-state index contributed by atoms with van der Waals surface area (Å²) in [5.74, 6) is -0.192. The zero-order valence-corrected chi connectivity index (χ0v) is 11.0. The minimum Gasteiger partial charge on any atom is -0.370 e. The van der Waals surface area contributed by atoms with Gasteiger partial charge in [0.25, 0.3) is 0 Å². The van der Waals surface area contributed by atoms with Crippen LogP contribution in [0.5, 0.6) is 0 Å². The third-order valence-electron chi connectivity index (χ3n) is 3.57. The smallest absolute Gasteiger partial charge is 0.125 e. The van der Waals surface area contributed by atoms with Crippen LogP contribution in [0.25, 0.3) is 0 Å². The number of hydrogen-bond acceptors (Lipinski definition) is 2. The summed E-state index contributed by atoms with van der Waals surface area (Å²) in [5, 5.41) is 3.34. The van der Waals surface area contributed by atoms with Gasteiger partial charge in [-0.05, 0) is 34.9 Å². The molecule has 0 aromatic heterocycles. The Labute approximate surface area is 112 Å². The number of rotatable bonds is 3. The maximum Gasteiger partial charge on any atom is 0.125 e. The zero-order chi connectivity index (χ0) is 13.2. The van der Waals surface area contributed by atoms with Crippen molar-refractivity contribution in [3.05, 3.63) is 65.0 Å². The molecular weight excluding hydrogens is 239 g/mol. The second kappa shape index (κ2) is 5.02. The Morgan fingerprint density at radius 2 is 1.95 bits per heavy atom. The third-order valence-corrected chi connectivity index (χ3v) is 3.57. The van der Waals surface area contributed by atoms with Crippen LogP contribution in [0.2, 0.25) is 0 Å². The molecule has 0 saturated carbocycles. The Morgan fingerprint density at radius 3 is 2.79 bits per heavy atom. The van der Waals surface area contributed by atoms with E-state index in [0.717, 1.165) is 25.3 Å². The summed E-state index contributed by atoms with van der Waals surface area (Å²) in [5.41, 5.74) is 4.93. The molecule has 2 aromatic rings. The van der Waals surface area contributed by atoms with Crippen molar-refractivity contribution in [2.24, 2.45) is 0 Å². The van der Waals surface area contributed by atoms with Crippen LogP contribution in [0, 0.1) is 5.82 Å². The molecule has 3 heteroatoms. The largest absolute Gasteiger partial charge is 0.370 e. The Morgan fingerprint density at radius 1 is 1.11 bits per heavy atom. The maximum absolute atomic E-state index is 13.2. The molecule has 0 radical (unpaired) electrons. The quantitative estimate of drug-likeness (QED) is 0.908. The van der Waals surface area contributed by atoms with E-state index in [0.29, 0.717) is 0 Å². The monoisotopic (exact) mass is 256 g/mol. The lowest BCUT2D eigenvalue weighted by atomic mass is 10.1. The first-order valence-electron chi connectivity index (χ1n) is 6.50. The molecule has 0 bridgehead atoms. The summed E-state index contributed by atoms with van der Waals surface area (Å²) in [6.07, 6.45) is 0. The normalized spacial score (nSPS) is 13.4. The van der Waals surface area contributed by atoms with Crippen LogP contribution in [-0.2, 0) is 19.6 Å². The third kappa shape index (κ3) is 2.61. The van der Waals surface area contributed by atoms with Gasteiger partial charge in [0, 0.05) is 32.4 Å². The molecule has 98 valence electrons. The molecule has 2 aromatic carbocycles. The highest BCUT2D eigenvalue weighted by atomic mass is 19.1. The van der Waals surface area contributed by atoms with Crippen molar-refractivity contribution in [2.45, 2.75) is 19.6 Å². The van der Waals surface area contributed by atoms with Crippen LogP contribution in [0.3, 0.4) is 0 Å². The van der Waals surface area contributed by atoms with Gasteiger partial charge in [0.15, 0.2) is 0 Å². The average Bonchev–Trinajstić information content (AvgIpc) is 2.86. The summed E-state index contributed by atoms with van der Waals surface area (Å²) >= 11 is 0. The van der Waals surface area contributed by atoms with Gasteiger partial charge in [-0.25, -0.2) is 4.39 Å². The van der Waals surface area contributed by atoms with Gasteiger partial charge in [-0.15, -0.1) is 0 Å².